The van der Waals surface area contributed by atoms with Gasteiger partial charge in [-0.3, -0.25) is 4.79 Å². The number of carbonyl (C=O) groups excluding carboxylic acids is 1. The summed E-state index contributed by atoms with van der Waals surface area (Å²) < 4.78 is 29.0. The molecule has 8 heteroatoms. The molecule has 0 spiro atoms. The molecule has 0 fully saturated rings. The van der Waals surface area contributed by atoms with Crippen molar-refractivity contribution in [2.75, 3.05) is 5.32 Å². The van der Waals surface area contributed by atoms with E-state index in [1.165, 1.54) is 18.2 Å². The van der Waals surface area contributed by atoms with Crippen LogP contribution in [0.15, 0.2) is 77.7 Å². The van der Waals surface area contributed by atoms with Gasteiger partial charge in [0.25, 0.3) is 5.91 Å². The second kappa shape index (κ2) is 8.43. The molecule has 0 saturated heterocycles. The third kappa shape index (κ3) is 5.10. The molecule has 0 atom stereocenters. The number of para-hydroxylation sites is 1. The molecule has 0 unspecified atom stereocenters. The summed E-state index contributed by atoms with van der Waals surface area (Å²) in [5.74, 6) is 0.0235. The van der Waals surface area contributed by atoms with Crippen molar-refractivity contribution in [3.63, 3.8) is 0 Å². The number of rotatable bonds is 6. The Hall–Kier alpha value is -2.87. The van der Waals surface area contributed by atoms with Crippen LogP contribution in [0.5, 0.6) is 5.75 Å². The highest BCUT2D eigenvalue weighted by Gasteiger charge is 2.16. The SMILES string of the molecule is NS(=O)(=O)c1ccccc1NC(=O)c1cccc(OCc2ccc(Cl)cc2)c1. The first-order valence-corrected chi connectivity index (χ1v) is 10.2. The minimum absolute atomic E-state index is 0.113. The lowest BCUT2D eigenvalue weighted by atomic mass is 10.2. The van der Waals surface area contributed by atoms with E-state index in [0.29, 0.717) is 22.9 Å². The van der Waals surface area contributed by atoms with Crippen LogP contribution >= 0.6 is 11.6 Å². The summed E-state index contributed by atoms with van der Waals surface area (Å²) in [4.78, 5) is 12.4. The summed E-state index contributed by atoms with van der Waals surface area (Å²) in [6, 6.07) is 19.8. The van der Waals surface area contributed by atoms with Gasteiger partial charge < -0.3 is 10.1 Å². The summed E-state index contributed by atoms with van der Waals surface area (Å²) in [5, 5.41) is 8.41. The van der Waals surface area contributed by atoms with Gasteiger partial charge in [0, 0.05) is 10.6 Å². The maximum Gasteiger partial charge on any atom is 0.255 e. The van der Waals surface area contributed by atoms with Crippen LogP contribution < -0.4 is 15.2 Å². The minimum Gasteiger partial charge on any atom is -0.489 e. The Kier molecular flexibility index (Phi) is 5.99. The van der Waals surface area contributed by atoms with E-state index < -0.39 is 15.9 Å². The van der Waals surface area contributed by atoms with Crippen molar-refractivity contribution >= 4 is 33.2 Å². The number of hydrogen-bond acceptors (Lipinski definition) is 4. The number of nitrogens with two attached hydrogens (primary N) is 1. The smallest absolute Gasteiger partial charge is 0.255 e. The number of carbonyl (C=O) groups is 1. The van der Waals surface area contributed by atoms with Crippen LogP contribution in [0, 0.1) is 0 Å². The third-order valence-corrected chi connectivity index (χ3v) is 5.08. The largest absolute Gasteiger partial charge is 0.489 e. The van der Waals surface area contributed by atoms with E-state index >= 15 is 0 Å². The summed E-state index contributed by atoms with van der Waals surface area (Å²) in [6.07, 6.45) is 0. The zero-order valence-electron chi connectivity index (χ0n) is 14.6. The first-order valence-electron chi connectivity index (χ1n) is 8.23. The molecule has 3 N–H and O–H groups in total. The zero-order chi connectivity index (χ0) is 20.1. The molecular weight excluding hydrogens is 400 g/mol. The summed E-state index contributed by atoms with van der Waals surface area (Å²) >= 11 is 5.86. The monoisotopic (exact) mass is 416 g/mol. The van der Waals surface area contributed by atoms with Crippen molar-refractivity contribution < 1.29 is 17.9 Å². The predicted octanol–water partition coefficient (Wildman–Crippen LogP) is 3.82. The minimum atomic E-state index is -3.96. The van der Waals surface area contributed by atoms with Gasteiger partial charge in [0.15, 0.2) is 0 Å². The molecule has 144 valence electrons. The van der Waals surface area contributed by atoms with Crippen LogP contribution in [-0.2, 0) is 16.6 Å². The van der Waals surface area contributed by atoms with Gasteiger partial charge in [-0.2, -0.15) is 0 Å². The second-order valence-corrected chi connectivity index (χ2v) is 7.90. The van der Waals surface area contributed by atoms with Gasteiger partial charge in [0.05, 0.1) is 5.69 Å². The molecule has 0 aliphatic rings. The van der Waals surface area contributed by atoms with Gasteiger partial charge in [-0.05, 0) is 48.0 Å². The molecule has 3 aromatic rings. The maximum atomic E-state index is 12.5. The number of nitrogens with one attached hydrogen (secondary N) is 1. The van der Waals surface area contributed by atoms with Crippen molar-refractivity contribution in [2.45, 2.75) is 11.5 Å². The highest BCUT2D eigenvalue weighted by molar-refractivity contribution is 7.89. The quantitative estimate of drug-likeness (QED) is 0.638. The van der Waals surface area contributed by atoms with Crippen LogP contribution in [0.3, 0.4) is 0 Å². The van der Waals surface area contributed by atoms with E-state index in [-0.39, 0.29) is 10.6 Å². The molecule has 28 heavy (non-hydrogen) atoms. The van der Waals surface area contributed by atoms with Crippen LogP contribution in [0.25, 0.3) is 0 Å². The number of sulfonamides is 1. The van der Waals surface area contributed by atoms with E-state index in [1.54, 1.807) is 42.5 Å². The van der Waals surface area contributed by atoms with Gasteiger partial charge in [-0.15, -0.1) is 0 Å². The fourth-order valence-corrected chi connectivity index (χ4v) is 3.31. The van der Waals surface area contributed by atoms with Crippen molar-refractivity contribution in [1.82, 2.24) is 0 Å². The zero-order valence-corrected chi connectivity index (χ0v) is 16.2. The normalized spacial score (nSPS) is 11.1. The average Bonchev–Trinajstić information content (AvgIpc) is 2.67. The lowest BCUT2D eigenvalue weighted by molar-refractivity contribution is 0.102. The Balaban J connectivity index is 1.73. The summed E-state index contributed by atoms with van der Waals surface area (Å²) in [7, 11) is -3.96. The number of primary sulfonamides is 1. The lowest BCUT2D eigenvalue weighted by Crippen LogP contribution is -2.18. The molecular formula is C20H17ClN2O4S. The van der Waals surface area contributed by atoms with Crippen molar-refractivity contribution in [3.8, 4) is 5.75 Å². The van der Waals surface area contributed by atoms with E-state index in [2.05, 4.69) is 5.32 Å². The molecule has 0 aliphatic carbocycles. The number of amides is 1. The van der Waals surface area contributed by atoms with Crippen molar-refractivity contribution in [2.24, 2.45) is 5.14 Å². The lowest BCUT2D eigenvalue weighted by Gasteiger charge is -2.11. The first-order chi connectivity index (χ1) is 13.3. The van der Waals surface area contributed by atoms with Crippen LogP contribution in [0.1, 0.15) is 15.9 Å². The maximum absolute atomic E-state index is 12.5. The van der Waals surface area contributed by atoms with Gasteiger partial charge in [-0.1, -0.05) is 41.9 Å². The van der Waals surface area contributed by atoms with Gasteiger partial charge >= 0.3 is 0 Å². The number of halogens is 1. The molecule has 3 aromatic carbocycles. The van der Waals surface area contributed by atoms with E-state index in [1.807, 2.05) is 12.1 Å². The Morgan fingerprint density at radius 2 is 1.71 bits per heavy atom. The molecule has 0 radical (unpaired) electrons. The number of anilines is 1. The van der Waals surface area contributed by atoms with Crippen molar-refractivity contribution in [3.05, 3.63) is 88.9 Å². The fraction of sp³-hybridized carbons (Fsp3) is 0.0500. The van der Waals surface area contributed by atoms with Crippen LogP contribution in [0.4, 0.5) is 5.69 Å². The summed E-state index contributed by atoms with van der Waals surface area (Å²) in [6.45, 7) is 0.316. The third-order valence-electron chi connectivity index (χ3n) is 3.86. The molecule has 1 amide bonds. The predicted molar refractivity (Wildman–Crippen MR) is 108 cm³/mol. The van der Waals surface area contributed by atoms with E-state index in [4.69, 9.17) is 21.5 Å². The Bertz CT molecular complexity index is 1100. The molecule has 6 nitrogen and oxygen atoms in total. The second-order valence-electron chi connectivity index (χ2n) is 5.94. The van der Waals surface area contributed by atoms with E-state index in [0.717, 1.165) is 5.56 Å². The summed E-state index contributed by atoms with van der Waals surface area (Å²) in [5.41, 5.74) is 1.36. The van der Waals surface area contributed by atoms with Crippen molar-refractivity contribution in [1.29, 1.82) is 0 Å². The van der Waals surface area contributed by atoms with Crippen LogP contribution in [0.2, 0.25) is 5.02 Å². The topological polar surface area (TPSA) is 98.5 Å². The van der Waals surface area contributed by atoms with Crippen LogP contribution in [-0.4, -0.2) is 14.3 Å². The van der Waals surface area contributed by atoms with Gasteiger partial charge in [0.1, 0.15) is 17.3 Å². The van der Waals surface area contributed by atoms with E-state index in [9.17, 15) is 13.2 Å². The number of ether oxygens (including phenoxy) is 1. The number of hydrogen-bond donors (Lipinski definition) is 2. The van der Waals surface area contributed by atoms with Gasteiger partial charge in [0.2, 0.25) is 10.0 Å². The fourth-order valence-electron chi connectivity index (χ4n) is 2.49. The number of benzene rings is 3. The molecule has 0 bridgehead atoms. The molecule has 0 aliphatic heterocycles. The Labute approximate surface area is 168 Å². The standard InChI is InChI=1S/C20H17ClN2O4S/c21-16-10-8-14(9-11-16)13-27-17-5-3-4-15(12-17)20(24)23-18-6-1-2-7-19(18)28(22,25)26/h1-12H,13H2,(H,23,24)(H2,22,25,26). The molecule has 0 aromatic heterocycles. The highest BCUT2D eigenvalue weighted by Crippen LogP contribution is 2.21. The Morgan fingerprint density at radius 1 is 1.00 bits per heavy atom. The highest BCUT2D eigenvalue weighted by atomic mass is 35.5. The molecule has 0 heterocycles. The first kappa shape index (κ1) is 19.9. The molecule has 3 rings (SSSR count). The average molecular weight is 417 g/mol. The molecule has 0 saturated carbocycles. The van der Waals surface area contributed by atoms with Gasteiger partial charge in [-0.25, -0.2) is 13.6 Å². The Morgan fingerprint density at radius 3 is 2.43 bits per heavy atom.